The molecule has 0 radical (unpaired) electrons. The molecule has 0 aromatic carbocycles. The van der Waals surface area contributed by atoms with Crippen molar-refractivity contribution in [3.63, 3.8) is 0 Å². The van der Waals surface area contributed by atoms with Gasteiger partial charge < -0.3 is 15.0 Å². The summed E-state index contributed by atoms with van der Waals surface area (Å²) in [5.74, 6) is 0. The number of nitrogens with zero attached hydrogens (tertiary/aromatic N) is 1. The Hall–Kier alpha value is -0.800. The highest BCUT2D eigenvalue weighted by Gasteiger charge is 2.16. The molecule has 0 aliphatic heterocycles. The minimum atomic E-state index is 0.169. The normalized spacial score (nSPS) is 12.0. The second-order valence-electron chi connectivity index (χ2n) is 5.09. The standard InChI is InChI=1S/C13H24N2O/c1-4-15-7-5-12(10-15)9-14-11-13(2,3)6-8-16/h5,7,10,14,16H,4,6,8-9,11H2,1-3H3. The number of hydrogen-bond donors (Lipinski definition) is 2. The molecule has 0 amide bonds. The predicted octanol–water partition coefficient (Wildman–Crippen LogP) is 2.01. The summed E-state index contributed by atoms with van der Waals surface area (Å²) in [5, 5.41) is 12.4. The molecule has 1 rings (SSSR count). The van der Waals surface area contributed by atoms with Crippen LogP contribution in [-0.4, -0.2) is 22.8 Å². The molecule has 0 saturated carbocycles. The third-order valence-electron chi connectivity index (χ3n) is 2.90. The molecule has 0 spiro atoms. The Balaban J connectivity index is 2.29. The van der Waals surface area contributed by atoms with Gasteiger partial charge in [-0.25, -0.2) is 0 Å². The summed E-state index contributed by atoms with van der Waals surface area (Å²) < 4.78 is 2.18. The molecule has 16 heavy (non-hydrogen) atoms. The van der Waals surface area contributed by atoms with Gasteiger partial charge in [-0.15, -0.1) is 0 Å². The van der Waals surface area contributed by atoms with Crippen LogP contribution in [0.4, 0.5) is 0 Å². The molecule has 0 bridgehead atoms. The second kappa shape index (κ2) is 6.06. The first kappa shape index (κ1) is 13.3. The van der Waals surface area contributed by atoms with Crippen molar-refractivity contribution >= 4 is 0 Å². The Morgan fingerprint density at radius 2 is 2.19 bits per heavy atom. The van der Waals surface area contributed by atoms with E-state index in [4.69, 9.17) is 5.11 Å². The third-order valence-corrected chi connectivity index (χ3v) is 2.90. The Bertz CT molecular complexity index is 305. The smallest absolute Gasteiger partial charge is 0.0436 e. The van der Waals surface area contributed by atoms with E-state index in [0.717, 1.165) is 26.1 Å². The van der Waals surface area contributed by atoms with E-state index in [0.29, 0.717) is 0 Å². The van der Waals surface area contributed by atoms with Gasteiger partial charge in [-0.05, 0) is 30.4 Å². The number of aryl methyl sites for hydroxylation is 1. The maximum atomic E-state index is 8.92. The molecule has 1 aromatic heterocycles. The van der Waals surface area contributed by atoms with Crippen molar-refractivity contribution in [2.45, 2.75) is 40.3 Å². The molecule has 0 fully saturated rings. The monoisotopic (exact) mass is 224 g/mol. The quantitative estimate of drug-likeness (QED) is 0.743. The van der Waals surface area contributed by atoms with E-state index < -0.39 is 0 Å². The van der Waals surface area contributed by atoms with Crippen LogP contribution in [0.25, 0.3) is 0 Å². The first-order valence-electron chi connectivity index (χ1n) is 6.03. The van der Waals surface area contributed by atoms with Gasteiger partial charge in [-0.2, -0.15) is 0 Å². The van der Waals surface area contributed by atoms with Crippen molar-refractivity contribution in [1.29, 1.82) is 0 Å². The van der Waals surface area contributed by atoms with Gasteiger partial charge in [0.05, 0.1) is 0 Å². The van der Waals surface area contributed by atoms with Crippen LogP contribution in [0.5, 0.6) is 0 Å². The largest absolute Gasteiger partial charge is 0.396 e. The summed E-state index contributed by atoms with van der Waals surface area (Å²) in [7, 11) is 0. The Morgan fingerprint density at radius 1 is 1.44 bits per heavy atom. The molecule has 2 N–H and O–H groups in total. The van der Waals surface area contributed by atoms with Gasteiger partial charge in [-0.1, -0.05) is 13.8 Å². The van der Waals surface area contributed by atoms with Crippen LogP contribution in [0.15, 0.2) is 18.5 Å². The Labute approximate surface area is 98.5 Å². The zero-order chi connectivity index (χ0) is 12.0. The van der Waals surface area contributed by atoms with Gasteiger partial charge >= 0.3 is 0 Å². The lowest BCUT2D eigenvalue weighted by atomic mass is 9.90. The van der Waals surface area contributed by atoms with E-state index in [2.05, 4.69) is 49.1 Å². The maximum Gasteiger partial charge on any atom is 0.0436 e. The Kier molecular flexibility index (Phi) is 5.03. The molecular formula is C13H24N2O. The summed E-state index contributed by atoms with van der Waals surface area (Å²) in [6.45, 7) is 9.62. The molecular weight excluding hydrogens is 200 g/mol. The summed E-state index contributed by atoms with van der Waals surface area (Å²) >= 11 is 0. The summed E-state index contributed by atoms with van der Waals surface area (Å²) in [6.07, 6.45) is 5.12. The Morgan fingerprint density at radius 3 is 2.75 bits per heavy atom. The molecule has 0 unspecified atom stereocenters. The molecule has 0 saturated heterocycles. The van der Waals surface area contributed by atoms with Crippen molar-refractivity contribution in [2.24, 2.45) is 5.41 Å². The van der Waals surface area contributed by atoms with Crippen molar-refractivity contribution in [3.8, 4) is 0 Å². The summed E-state index contributed by atoms with van der Waals surface area (Å²) in [4.78, 5) is 0. The minimum absolute atomic E-state index is 0.169. The van der Waals surface area contributed by atoms with Crippen LogP contribution in [0, 0.1) is 5.41 Å². The average molecular weight is 224 g/mol. The van der Waals surface area contributed by atoms with Crippen molar-refractivity contribution in [1.82, 2.24) is 9.88 Å². The molecule has 1 aromatic rings. The SMILES string of the molecule is CCn1ccc(CNCC(C)(C)CCO)c1. The van der Waals surface area contributed by atoms with Crippen molar-refractivity contribution in [2.75, 3.05) is 13.2 Å². The van der Waals surface area contributed by atoms with Gasteiger partial charge in [0.1, 0.15) is 0 Å². The van der Waals surface area contributed by atoms with Gasteiger partial charge in [0.2, 0.25) is 0 Å². The van der Waals surface area contributed by atoms with Crippen LogP contribution in [-0.2, 0) is 13.1 Å². The molecule has 3 heteroatoms. The lowest BCUT2D eigenvalue weighted by Crippen LogP contribution is -2.29. The number of aromatic nitrogens is 1. The average Bonchev–Trinajstić information content (AvgIpc) is 2.65. The summed E-state index contributed by atoms with van der Waals surface area (Å²) in [6, 6.07) is 2.15. The number of aliphatic hydroxyl groups is 1. The first-order chi connectivity index (χ1) is 7.57. The lowest BCUT2D eigenvalue weighted by molar-refractivity contribution is 0.207. The fourth-order valence-electron chi connectivity index (χ4n) is 1.73. The predicted molar refractivity (Wildman–Crippen MR) is 67.3 cm³/mol. The topological polar surface area (TPSA) is 37.2 Å². The number of hydrogen-bond acceptors (Lipinski definition) is 2. The molecule has 92 valence electrons. The fourth-order valence-corrected chi connectivity index (χ4v) is 1.73. The number of nitrogens with one attached hydrogen (secondary N) is 1. The van der Waals surface area contributed by atoms with Crippen LogP contribution in [0.1, 0.15) is 32.8 Å². The lowest BCUT2D eigenvalue weighted by Gasteiger charge is -2.23. The maximum absolute atomic E-state index is 8.92. The van der Waals surface area contributed by atoms with Crippen molar-refractivity contribution < 1.29 is 5.11 Å². The van der Waals surface area contributed by atoms with Crippen LogP contribution in [0.2, 0.25) is 0 Å². The molecule has 1 heterocycles. The highest BCUT2D eigenvalue weighted by atomic mass is 16.3. The van der Waals surface area contributed by atoms with Gasteiger partial charge in [0.25, 0.3) is 0 Å². The fraction of sp³-hybridized carbons (Fsp3) is 0.692. The third kappa shape index (κ3) is 4.37. The van der Waals surface area contributed by atoms with E-state index in [1.54, 1.807) is 0 Å². The molecule has 3 nitrogen and oxygen atoms in total. The van der Waals surface area contributed by atoms with E-state index >= 15 is 0 Å². The number of aliphatic hydroxyl groups excluding tert-OH is 1. The van der Waals surface area contributed by atoms with E-state index in [1.165, 1.54) is 5.56 Å². The van der Waals surface area contributed by atoms with Crippen LogP contribution in [0.3, 0.4) is 0 Å². The zero-order valence-corrected chi connectivity index (χ0v) is 10.7. The van der Waals surface area contributed by atoms with Gasteiger partial charge in [0.15, 0.2) is 0 Å². The second-order valence-corrected chi connectivity index (χ2v) is 5.09. The highest BCUT2D eigenvalue weighted by Crippen LogP contribution is 2.18. The van der Waals surface area contributed by atoms with E-state index in [1.807, 2.05) is 0 Å². The number of rotatable bonds is 7. The van der Waals surface area contributed by atoms with Crippen LogP contribution < -0.4 is 5.32 Å². The van der Waals surface area contributed by atoms with E-state index in [-0.39, 0.29) is 12.0 Å². The van der Waals surface area contributed by atoms with E-state index in [9.17, 15) is 0 Å². The minimum Gasteiger partial charge on any atom is -0.396 e. The van der Waals surface area contributed by atoms with Crippen LogP contribution >= 0.6 is 0 Å². The molecule has 0 atom stereocenters. The molecule has 0 aliphatic carbocycles. The van der Waals surface area contributed by atoms with Gasteiger partial charge in [-0.3, -0.25) is 0 Å². The zero-order valence-electron chi connectivity index (χ0n) is 10.7. The first-order valence-corrected chi connectivity index (χ1v) is 6.03. The summed E-state index contributed by atoms with van der Waals surface area (Å²) in [5.41, 5.74) is 1.49. The molecule has 0 aliphatic rings. The van der Waals surface area contributed by atoms with Gasteiger partial charge in [0, 0.05) is 38.6 Å². The van der Waals surface area contributed by atoms with Crippen molar-refractivity contribution in [3.05, 3.63) is 24.0 Å². The highest BCUT2D eigenvalue weighted by molar-refractivity contribution is 5.09.